The van der Waals surface area contributed by atoms with Gasteiger partial charge in [0.25, 0.3) is 0 Å². The van der Waals surface area contributed by atoms with Crippen LogP contribution in [0, 0.1) is 0 Å². The third-order valence-corrected chi connectivity index (χ3v) is 15.6. The highest BCUT2D eigenvalue weighted by atomic mass is 16.8. The van der Waals surface area contributed by atoms with E-state index in [4.69, 9.17) is 52.1 Å². The van der Waals surface area contributed by atoms with Gasteiger partial charge in [-0.05, 0) is 0 Å². The number of aliphatic hydroxyl groups is 19. The normalized spacial score (nSPS) is 44.6. The van der Waals surface area contributed by atoms with Crippen molar-refractivity contribution >= 4 is 29.7 Å². The highest BCUT2D eigenvalue weighted by Gasteiger charge is 2.62. The van der Waals surface area contributed by atoms with E-state index < -0.39 is 277 Å². The summed E-state index contributed by atoms with van der Waals surface area (Å²) in [5.74, 6) is -15.3. The number of carboxylic acids is 2. The second-order valence-electron chi connectivity index (χ2n) is 21.8. The van der Waals surface area contributed by atoms with Crippen molar-refractivity contribution in [2.24, 2.45) is 0 Å². The van der Waals surface area contributed by atoms with E-state index in [1.165, 1.54) is 0 Å². The van der Waals surface area contributed by atoms with Gasteiger partial charge in [-0.25, -0.2) is 0 Å². The van der Waals surface area contributed by atoms with Crippen LogP contribution < -0.4 is 26.2 Å². The Balaban J connectivity index is 1.46. The summed E-state index contributed by atoms with van der Waals surface area (Å²) in [5.41, 5.74) is 0. The summed E-state index contributed by atoms with van der Waals surface area (Å²) in [5, 5.41) is 240. The zero-order chi connectivity index (χ0) is 65.8. The Hall–Kier alpha value is -3.85. The van der Waals surface area contributed by atoms with Crippen molar-refractivity contribution in [1.82, 2.24) is 16.0 Å². The van der Waals surface area contributed by atoms with Crippen molar-refractivity contribution in [3.8, 4) is 0 Å². The molecule has 3 amide bonds. The van der Waals surface area contributed by atoms with Gasteiger partial charge in [0, 0.05) is 33.6 Å². The van der Waals surface area contributed by atoms with Gasteiger partial charge < -0.3 is 185 Å². The van der Waals surface area contributed by atoms with Gasteiger partial charge in [-0.1, -0.05) is 0 Å². The maximum Gasteiger partial charge on any atom is 0.217 e. The largest absolute Gasteiger partial charge is 0.544 e. The summed E-state index contributed by atoms with van der Waals surface area (Å²) < 4.78 is 63.1. The van der Waals surface area contributed by atoms with E-state index in [0.29, 0.717) is 0 Å². The second kappa shape index (κ2) is 30.7. The zero-order valence-corrected chi connectivity index (χ0v) is 46.8. The smallest absolute Gasteiger partial charge is 0.217 e. The van der Waals surface area contributed by atoms with E-state index in [1.54, 1.807) is 0 Å². The van der Waals surface area contributed by atoms with Crippen molar-refractivity contribution in [3.63, 3.8) is 0 Å². The number of ether oxygens (including phenoxy) is 11. The number of amides is 3. The van der Waals surface area contributed by atoms with Gasteiger partial charge in [0.05, 0.1) is 63.9 Å². The van der Waals surface area contributed by atoms with E-state index in [0.717, 1.165) is 20.8 Å². The van der Waals surface area contributed by atoms with Crippen molar-refractivity contribution < 1.29 is 183 Å². The number of carboxylic acid groups (broad SMARTS) is 2. The molecule has 40 heteroatoms. The fraction of sp³-hybridized carbons (Fsp3) is 0.896. The van der Waals surface area contributed by atoms with Crippen LogP contribution in [-0.2, 0) is 76.1 Å². The Morgan fingerprint density at radius 3 is 1.43 bits per heavy atom. The van der Waals surface area contributed by atoms with Crippen LogP contribution in [0.5, 0.6) is 0 Å². The molecule has 0 aromatic carbocycles. The minimum absolute atomic E-state index is 0.833. The SMILES string of the molecule is CC(=O)N[C@H]1[C@H](O[C@@H]2[C@H](O[C@]3(C(=O)[O-])C[C@H](O)[C@@H](NC(C)=O)[C@H]([C@H](O)[C@@H](CO)O[C@]4(C(=O)[O-])C[C@H](O)[C@@H](NC(C)=O)[C@H]([C@H](O)[C@H](O)CO)O4)O3)[C@@H](O)[C@H](O[C@H]3[C@H](O)[C@@H](O)C(O)O[C@@H]3CO)O[C@@H]2CO)O[C@H](CO)[C@H](O)[C@@H]1O[C@@H]1O[C@H](CO)[C@H](O)[C@H](O)[C@H]1O. The first kappa shape index (κ1) is 73.2. The molecule has 508 valence electrons. The summed E-state index contributed by atoms with van der Waals surface area (Å²) in [6.45, 7) is -4.85. The predicted molar refractivity (Wildman–Crippen MR) is 263 cm³/mol. The maximum atomic E-state index is 13.9. The van der Waals surface area contributed by atoms with E-state index >= 15 is 0 Å². The first-order valence-corrected chi connectivity index (χ1v) is 27.3. The number of hydrogen-bond donors (Lipinski definition) is 22. The zero-order valence-electron chi connectivity index (χ0n) is 46.8. The predicted octanol–water partition coefficient (Wildman–Crippen LogP) is -17.9. The van der Waals surface area contributed by atoms with Gasteiger partial charge in [0.15, 0.2) is 25.2 Å². The van der Waals surface area contributed by atoms with Gasteiger partial charge in [0.2, 0.25) is 29.3 Å². The number of hydrogen-bond acceptors (Lipinski definition) is 37. The summed E-state index contributed by atoms with van der Waals surface area (Å²) >= 11 is 0. The number of carbonyl (C=O) groups excluding carboxylic acids is 5. The van der Waals surface area contributed by atoms with Crippen LogP contribution in [0.4, 0.5) is 0 Å². The third-order valence-electron chi connectivity index (χ3n) is 15.6. The minimum atomic E-state index is -3.76. The molecule has 6 saturated heterocycles. The molecule has 0 radical (unpaired) electrons. The number of rotatable bonds is 25. The Kier molecular flexibility index (Phi) is 25.6. The molecule has 0 bridgehead atoms. The molecule has 0 aromatic heterocycles. The summed E-state index contributed by atoms with van der Waals surface area (Å²) in [6.07, 6.45) is -63.6. The molecular weight excluding hydrogens is 1210 g/mol. The summed E-state index contributed by atoms with van der Waals surface area (Å²) in [4.78, 5) is 64.8. The molecule has 1 unspecified atom stereocenters. The van der Waals surface area contributed by atoms with Gasteiger partial charge in [-0.3, -0.25) is 14.4 Å². The van der Waals surface area contributed by atoms with E-state index in [-0.39, 0.29) is 0 Å². The summed E-state index contributed by atoms with van der Waals surface area (Å²) in [6, 6.07) is -5.93. The minimum Gasteiger partial charge on any atom is -0.544 e. The lowest BCUT2D eigenvalue weighted by atomic mass is 9.87. The Labute approximate surface area is 496 Å². The topological polar surface area (TPSA) is 653 Å². The quantitative estimate of drug-likeness (QED) is 0.0404. The van der Waals surface area contributed by atoms with Gasteiger partial charge in [-0.2, -0.15) is 0 Å². The fourth-order valence-electron chi connectivity index (χ4n) is 11.1. The third kappa shape index (κ3) is 15.6. The molecule has 6 fully saturated rings. The van der Waals surface area contributed by atoms with Crippen LogP contribution in [-0.4, -0.2) is 362 Å². The Bertz CT molecular complexity index is 2320. The van der Waals surface area contributed by atoms with Crippen molar-refractivity contribution in [2.75, 3.05) is 39.6 Å². The molecule has 6 aliphatic heterocycles. The monoisotopic (exact) mass is 1290 g/mol. The van der Waals surface area contributed by atoms with E-state index in [2.05, 4.69) is 16.0 Å². The Morgan fingerprint density at radius 2 is 0.920 bits per heavy atom. The molecule has 0 aliphatic carbocycles. The highest BCUT2D eigenvalue weighted by Crippen LogP contribution is 2.42. The lowest BCUT2D eigenvalue weighted by Gasteiger charge is -2.54. The van der Waals surface area contributed by atoms with E-state index in [1.807, 2.05) is 0 Å². The molecule has 0 aromatic rings. The van der Waals surface area contributed by atoms with Gasteiger partial charge in [0.1, 0.15) is 146 Å². The van der Waals surface area contributed by atoms with Crippen LogP contribution in [0.15, 0.2) is 0 Å². The average molecular weight is 1290 g/mol. The number of nitrogens with one attached hydrogen (secondary N) is 3. The first-order chi connectivity index (χ1) is 41.3. The molecule has 40 nitrogen and oxygen atoms in total. The van der Waals surface area contributed by atoms with Gasteiger partial charge >= 0.3 is 0 Å². The molecule has 32 atom stereocenters. The van der Waals surface area contributed by atoms with Crippen molar-refractivity contribution in [3.05, 3.63) is 0 Å². The van der Waals surface area contributed by atoms with E-state index in [9.17, 15) is 131 Å². The maximum absolute atomic E-state index is 13.9. The Morgan fingerprint density at radius 1 is 0.477 bits per heavy atom. The summed E-state index contributed by atoms with van der Waals surface area (Å²) in [7, 11) is 0. The first-order valence-electron chi connectivity index (χ1n) is 27.3. The van der Waals surface area contributed by atoms with Crippen LogP contribution >= 0.6 is 0 Å². The van der Waals surface area contributed by atoms with Crippen LogP contribution in [0.25, 0.3) is 0 Å². The average Bonchev–Trinajstić information content (AvgIpc) is 0.788. The molecule has 88 heavy (non-hydrogen) atoms. The number of aliphatic hydroxyl groups excluding tert-OH is 19. The second-order valence-corrected chi connectivity index (χ2v) is 21.8. The standard InChI is InChI=1S/C48H79N3O37/c1-12(58)49-23-15(61)4-47(45(74)75,86-38(23)26(64)17(63)6-52)85-20(9-55)29(67)39-24(50-13(2)59)16(62)5-48(87-39,46(76)77)88-40-34(72)44(82-35-21(10-56)78-41(73)32(70)31(35)69)81-22(11-57)36(40)83-42-25(51-14(3)60)37(28(66)19(8-54)79-42)84-43-33(71)30(68)27(65)18(7-53)80-43/h15-44,52-57,61-73H,4-11H2,1-3H3,(H,49,58)(H,50,59)(H,51,60)(H,74,75)(H,76,77)/p-2/t15-,16-,17+,18+,19+,20+,21+,22+,23+,24+,25+,26+,27-,28-,29+,30-,31+,32+,33+,34+,35+,36-,37+,38+,39+,40+,41?,42-,43-,44-,47+,48-/m0/s1. The fourth-order valence-corrected chi connectivity index (χ4v) is 11.1. The van der Waals surface area contributed by atoms with Gasteiger partial charge in [-0.15, -0.1) is 0 Å². The lowest BCUT2D eigenvalue weighted by molar-refractivity contribution is -0.423. The number of aliphatic carboxylic acids is 2. The highest BCUT2D eigenvalue weighted by molar-refractivity contribution is 5.76. The lowest BCUT2D eigenvalue weighted by Crippen LogP contribution is -2.74. The molecule has 6 heterocycles. The van der Waals surface area contributed by atoms with Crippen molar-refractivity contribution in [2.45, 2.75) is 229 Å². The molecule has 0 spiro atoms. The van der Waals surface area contributed by atoms with Crippen LogP contribution in [0.2, 0.25) is 0 Å². The molecule has 6 rings (SSSR count). The molecule has 22 N–H and O–H groups in total. The molecule has 0 saturated carbocycles. The van der Waals surface area contributed by atoms with Crippen LogP contribution in [0.3, 0.4) is 0 Å². The molecular formula is C48H77N3O37-2. The van der Waals surface area contributed by atoms with Crippen molar-refractivity contribution in [1.29, 1.82) is 0 Å². The molecule has 6 aliphatic rings. The number of carbonyl (C=O) groups is 5. The van der Waals surface area contributed by atoms with Crippen LogP contribution in [0.1, 0.15) is 33.6 Å².